The number of nitrogens with two attached hydrogens (primary N) is 1. The van der Waals surface area contributed by atoms with Gasteiger partial charge in [-0.15, -0.1) is 0 Å². The SMILES string of the molecule is CN(Cc1ccncc1)S(=O)(=O)c1cc(CN)n(C)c1. The third-order valence-corrected chi connectivity index (χ3v) is 4.92. The van der Waals surface area contributed by atoms with Crippen LogP contribution in [0.15, 0.2) is 41.7 Å². The van der Waals surface area contributed by atoms with Gasteiger partial charge in [0, 0.05) is 51.5 Å². The Hall–Kier alpha value is -1.70. The number of rotatable bonds is 5. The molecule has 108 valence electrons. The predicted molar refractivity (Wildman–Crippen MR) is 76.2 cm³/mol. The first-order chi connectivity index (χ1) is 9.45. The lowest BCUT2D eigenvalue weighted by Crippen LogP contribution is -2.26. The van der Waals surface area contributed by atoms with Crippen molar-refractivity contribution in [2.45, 2.75) is 18.0 Å². The fraction of sp³-hybridized carbons (Fsp3) is 0.308. The third kappa shape index (κ3) is 2.90. The van der Waals surface area contributed by atoms with Crippen molar-refractivity contribution in [3.8, 4) is 0 Å². The molecule has 0 atom stereocenters. The van der Waals surface area contributed by atoms with Crippen LogP contribution in [0.1, 0.15) is 11.3 Å². The minimum atomic E-state index is -3.51. The molecule has 20 heavy (non-hydrogen) atoms. The molecule has 2 aromatic rings. The van der Waals surface area contributed by atoms with Crippen LogP contribution in [0.2, 0.25) is 0 Å². The zero-order valence-electron chi connectivity index (χ0n) is 11.5. The molecule has 0 spiro atoms. The van der Waals surface area contributed by atoms with Crippen LogP contribution >= 0.6 is 0 Å². The largest absolute Gasteiger partial charge is 0.352 e. The van der Waals surface area contributed by atoms with Crippen molar-refractivity contribution in [1.29, 1.82) is 0 Å². The first-order valence-electron chi connectivity index (χ1n) is 6.15. The molecular weight excluding hydrogens is 276 g/mol. The molecule has 2 rings (SSSR count). The summed E-state index contributed by atoms with van der Waals surface area (Å²) in [6.45, 7) is 0.609. The van der Waals surface area contributed by atoms with E-state index < -0.39 is 10.0 Å². The molecule has 6 nitrogen and oxygen atoms in total. The maximum absolute atomic E-state index is 12.5. The van der Waals surface area contributed by atoms with E-state index in [4.69, 9.17) is 5.73 Å². The highest BCUT2D eigenvalue weighted by Gasteiger charge is 2.23. The van der Waals surface area contributed by atoms with Crippen LogP contribution in [0.25, 0.3) is 0 Å². The molecule has 0 saturated heterocycles. The van der Waals surface area contributed by atoms with Gasteiger partial charge in [0.1, 0.15) is 4.90 Å². The van der Waals surface area contributed by atoms with Crippen molar-refractivity contribution in [3.05, 3.63) is 48.0 Å². The molecule has 7 heteroatoms. The second kappa shape index (κ2) is 5.74. The number of aromatic nitrogens is 2. The zero-order valence-corrected chi connectivity index (χ0v) is 12.3. The van der Waals surface area contributed by atoms with E-state index in [1.54, 1.807) is 55.5 Å². The van der Waals surface area contributed by atoms with Gasteiger partial charge in [-0.25, -0.2) is 8.42 Å². The number of nitrogens with zero attached hydrogens (tertiary/aromatic N) is 3. The smallest absolute Gasteiger partial charge is 0.244 e. The molecule has 0 aromatic carbocycles. The standard InChI is InChI=1S/C13H18N4O2S/c1-16-10-13(7-12(16)8-14)20(18,19)17(2)9-11-3-5-15-6-4-11/h3-7,10H,8-9,14H2,1-2H3. The van der Waals surface area contributed by atoms with E-state index >= 15 is 0 Å². The fourth-order valence-corrected chi connectivity index (χ4v) is 3.19. The summed E-state index contributed by atoms with van der Waals surface area (Å²) >= 11 is 0. The Labute approximate surface area is 118 Å². The van der Waals surface area contributed by atoms with Crippen molar-refractivity contribution in [2.24, 2.45) is 12.8 Å². The van der Waals surface area contributed by atoms with Gasteiger partial charge in [0.2, 0.25) is 10.0 Å². The fourth-order valence-electron chi connectivity index (χ4n) is 1.93. The van der Waals surface area contributed by atoms with E-state index in [0.29, 0.717) is 13.1 Å². The molecule has 0 aliphatic rings. The molecule has 2 heterocycles. The monoisotopic (exact) mass is 294 g/mol. The van der Waals surface area contributed by atoms with E-state index in [-0.39, 0.29) is 4.90 Å². The Kier molecular flexibility index (Phi) is 4.22. The molecule has 0 saturated carbocycles. The maximum atomic E-state index is 12.5. The summed E-state index contributed by atoms with van der Waals surface area (Å²) in [6.07, 6.45) is 4.87. The van der Waals surface area contributed by atoms with Crippen molar-refractivity contribution >= 4 is 10.0 Å². The number of hydrogen-bond acceptors (Lipinski definition) is 4. The van der Waals surface area contributed by atoms with Crippen LogP contribution in [0, 0.1) is 0 Å². The summed E-state index contributed by atoms with van der Waals surface area (Å²) in [4.78, 5) is 4.17. The average Bonchev–Trinajstić information content (AvgIpc) is 2.81. The maximum Gasteiger partial charge on any atom is 0.244 e. The Morgan fingerprint density at radius 2 is 2.00 bits per heavy atom. The second-order valence-electron chi connectivity index (χ2n) is 4.60. The highest BCUT2D eigenvalue weighted by Crippen LogP contribution is 2.18. The molecule has 2 aromatic heterocycles. The van der Waals surface area contributed by atoms with Gasteiger partial charge >= 0.3 is 0 Å². The van der Waals surface area contributed by atoms with E-state index in [9.17, 15) is 8.42 Å². The highest BCUT2D eigenvalue weighted by atomic mass is 32.2. The van der Waals surface area contributed by atoms with E-state index in [1.807, 2.05) is 0 Å². The van der Waals surface area contributed by atoms with Crippen LogP contribution < -0.4 is 5.73 Å². The average molecular weight is 294 g/mol. The van der Waals surface area contributed by atoms with E-state index in [0.717, 1.165) is 11.3 Å². The minimum Gasteiger partial charge on any atom is -0.352 e. The minimum absolute atomic E-state index is 0.261. The number of sulfonamides is 1. The van der Waals surface area contributed by atoms with Gasteiger partial charge in [0.05, 0.1) is 0 Å². The quantitative estimate of drug-likeness (QED) is 0.880. The number of hydrogen-bond donors (Lipinski definition) is 1. The molecule has 0 fully saturated rings. The van der Waals surface area contributed by atoms with Gasteiger partial charge in [-0.05, 0) is 23.8 Å². The summed E-state index contributed by atoms with van der Waals surface area (Å²) in [6, 6.07) is 5.20. The van der Waals surface area contributed by atoms with Gasteiger partial charge in [0.25, 0.3) is 0 Å². The summed E-state index contributed by atoms with van der Waals surface area (Å²) in [5.74, 6) is 0. The normalized spacial score (nSPS) is 12.0. The molecule has 0 unspecified atom stereocenters. The van der Waals surface area contributed by atoms with Crippen LogP contribution in [0.4, 0.5) is 0 Å². The van der Waals surface area contributed by atoms with Gasteiger partial charge in [-0.3, -0.25) is 4.98 Å². The molecule has 0 radical (unpaired) electrons. The summed E-state index contributed by atoms with van der Waals surface area (Å²) in [5.41, 5.74) is 7.24. The molecular formula is C13H18N4O2S. The van der Waals surface area contributed by atoms with Crippen molar-refractivity contribution in [3.63, 3.8) is 0 Å². The first-order valence-corrected chi connectivity index (χ1v) is 7.59. The zero-order chi connectivity index (χ0) is 14.8. The van der Waals surface area contributed by atoms with Crippen LogP contribution in [0.3, 0.4) is 0 Å². The van der Waals surface area contributed by atoms with Gasteiger partial charge < -0.3 is 10.3 Å². The lowest BCUT2D eigenvalue weighted by Gasteiger charge is -2.16. The second-order valence-corrected chi connectivity index (χ2v) is 6.64. The van der Waals surface area contributed by atoms with E-state index in [1.165, 1.54) is 4.31 Å². The molecule has 0 aliphatic carbocycles. The first kappa shape index (κ1) is 14.7. The van der Waals surface area contributed by atoms with Crippen LogP contribution in [-0.4, -0.2) is 29.3 Å². The third-order valence-electron chi connectivity index (χ3n) is 3.15. The molecule has 0 amide bonds. The Bertz CT molecular complexity index is 680. The highest BCUT2D eigenvalue weighted by molar-refractivity contribution is 7.89. The molecule has 2 N–H and O–H groups in total. The van der Waals surface area contributed by atoms with Crippen molar-refractivity contribution in [1.82, 2.24) is 13.9 Å². The molecule has 0 aliphatic heterocycles. The number of pyridine rings is 1. The Morgan fingerprint density at radius 1 is 1.35 bits per heavy atom. The Morgan fingerprint density at radius 3 is 2.55 bits per heavy atom. The number of aryl methyl sites for hydroxylation is 1. The van der Waals surface area contributed by atoms with E-state index in [2.05, 4.69) is 4.98 Å². The summed E-state index contributed by atoms with van der Waals surface area (Å²) < 4.78 is 28.0. The molecule has 0 bridgehead atoms. The topological polar surface area (TPSA) is 81.2 Å². The summed E-state index contributed by atoms with van der Waals surface area (Å²) in [7, 11) is -0.170. The predicted octanol–water partition coefficient (Wildman–Crippen LogP) is 0.699. The van der Waals surface area contributed by atoms with Crippen molar-refractivity contribution < 1.29 is 8.42 Å². The summed E-state index contributed by atoms with van der Waals surface area (Å²) in [5, 5.41) is 0. The van der Waals surface area contributed by atoms with Crippen LogP contribution in [0.5, 0.6) is 0 Å². The Balaban J connectivity index is 2.25. The lowest BCUT2D eigenvalue weighted by molar-refractivity contribution is 0.466. The van der Waals surface area contributed by atoms with Crippen molar-refractivity contribution in [2.75, 3.05) is 7.05 Å². The van der Waals surface area contributed by atoms with Gasteiger partial charge in [-0.2, -0.15) is 4.31 Å². The lowest BCUT2D eigenvalue weighted by atomic mass is 10.3. The van der Waals surface area contributed by atoms with Gasteiger partial charge in [0.15, 0.2) is 0 Å². The van der Waals surface area contributed by atoms with Gasteiger partial charge in [-0.1, -0.05) is 0 Å². The van der Waals surface area contributed by atoms with Crippen LogP contribution in [-0.2, 0) is 30.2 Å².